The fourth-order valence-electron chi connectivity index (χ4n) is 7.30. The first-order chi connectivity index (χ1) is 23.3. The van der Waals surface area contributed by atoms with Crippen molar-refractivity contribution in [2.24, 2.45) is 0 Å². The molecule has 0 saturated carbocycles. The van der Waals surface area contributed by atoms with Crippen LogP contribution in [0, 0.1) is 0 Å². The molecule has 0 aliphatic heterocycles. The molecular formula is C44H27NO2. The van der Waals surface area contributed by atoms with E-state index in [0.29, 0.717) is 0 Å². The summed E-state index contributed by atoms with van der Waals surface area (Å²) < 4.78 is 12.9. The van der Waals surface area contributed by atoms with E-state index in [1.165, 1.54) is 21.9 Å². The van der Waals surface area contributed by atoms with Gasteiger partial charge in [-0.1, -0.05) is 115 Å². The molecule has 0 N–H and O–H groups in total. The lowest BCUT2D eigenvalue weighted by Crippen LogP contribution is -2.10. The van der Waals surface area contributed by atoms with E-state index in [1.807, 2.05) is 24.3 Å². The minimum absolute atomic E-state index is 0.857. The van der Waals surface area contributed by atoms with Crippen LogP contribution in [-0.4, -0.2) is 0 Å². The monoisotopic (exact) mass is 601 g/mol. The molecule has 0 aliphatic carbocycles. The molecule has 8 aromatic carbocycles. The summed E-state index contributed by atoms with van der Waals surface area (Å²) in [6.07, 6.45) is 0. The highest BCUT2D eigenvalue weighted by atomic mass is 16.3. The molecule has 10 aromatic rings. The molecule has 0 fully saturated rings. The highest BCUT2D eigenvalue weighted by Gasteiger charge is 2.21. The number of furan rings is 2. The smallest absolute Gasteiger partial charge is 0.138 e. The molecule has 220 valence electrons. The van der Waals surface area contributed by atoms with E-state index in [2.05, 4.69) is 144 Å². The molecule has 3 heteroatoms. The second kappa shape index (κ2) is 10.1. The first-order valence-corrected chi connectivity index (χ1v) is 15.9. The average molecular weight is 602 g/mol. The van der Waals surface area contributed by atoms with E-state index < -0.39 is 0 Å². The Morgan fingerprint density at radius 2 is 0.957 bits per heavy atom. The minimum Gasteiger partial charge on any atom is -0.456 e. The fraction of sp³-hybridized carbons (Fsp3) is 0. The number of benzene rings is 8. The Labute approximate surface area is 270 Å². The van der Waals surface area contributed by atoms with E-state index >= 15 is 0 Å². The number of fused-ring (bicyclic) bond motifs is 9. The van der Waals surface area contributed by atoms with E-state index in [9.17, 15) is 0 Å². The zero-order valence-electron chi connectivity index (χ0n) is 25.4. The second-order valence-electron chi connectivity index (χ2n) is 12.1. The van der Waals surface area contributed by atoms with Crippen LogP contribution in [0.25, 0.3) is 76.5 Å². The van der Waals surface area contributed by atoms with E-state index in [0.717, 1.165) is 71.7 Å². The van der Waals surface area contributed by atoms with Gasteiger partial charge in [-0.2, -0.15) is 0 Å². The molecule has 0 saturated heterocycles. The van der Waals surface area contributed by atoms with Crippen LogP contribution < -0.4 is 4.90 Å². The van der Waals surface area contributed by atoms with Crippen LogP contribution in [-0.2, 0) is 0 Å². The van der Waals surface area contributed by atoms with Gasteiger partial charge in [0.1, 0.15) is 22.3 Å². The second-order valence-corrected chi connectivity index (χ2v) is 12.1. The van der Waals surface area contributed by atoms with Gasteiger partial charge in [-0.3, -0.25) is 0 Å². The van der Waals surface area contributed by atoms with Gasteiger partial charge in [-0.25, -0.2) is 0 Å². The summed E-state index contributed by atoms with van der Waals surface area (Å²) in [5.74, 6) is 0. The highest BCUT2D eigenvalue weighted by Crippen LogP contribution is 2.46. The highest BCUT2D eigenvalue weighted by molar-refractivity contribution is 6.22. The summed E-state index contributed by atoms with van der Waals surface area (Å²) in [5, 5.41) is 9.28. The SMILES string of the molecule is c1ccc2c(-c3ccc(N(c4ccc5c(c4)oc4ccccc45)c4cc5oc6ccccc6c5c5ccccc45)cc3)cccc2c1. The van der Waals surface area contributed by atoms with E-state index in [4.69, 9.17) is 8.83 Å². The van der Waals surface area contributed by atoms with Crippen LogP contribution in [0.3, 0.4) is 0 Å². The zero-order valence-corrected chi connectivity index (χ0v) is 25.4. The van der Waals surface area contributed by atoms with Gasteiger partial charge in [0.25, 0.3) is 0 Å². The van der Waals surface area contributed by atoms with Gasteiger partial charge < -0.3 is 13.7 Å². The lowest BCUT2D eigenvalue weighted by molar-refractivity contribution is 0.669. The molecule has 0 atom stereocenters. The number of nitrogens with zero attached hydrogens (tertiary/aromatic N) is 1. The first kappa shape index (κ1) is 26.0. The summed E-state index contributed by atoms with van der Waals surface area (Å²) in [6.45, 7) is 0. The van der Waals surface area contributed by atoms with Gasteiger partial charge >= 0.3 is 0 Å². The largest absolute Gasteiger partial charge is 0.456 e. The molecule has 3 nitrogen and oxygen atoms in total. The number of anilines is 3. The Kier molecular flexibility index (Phi) is 5.57. The third-order valence-electron chi connectivity index (χ3n) is 9.45. The molecule has 0 bridgehead atoms. The van der Waals surface area contributed by atoms with Gasteiger partial charge in [-0.15, -0.1) is 0 Å². The zero-order chi connectivity index (χ0) is 30.9. The number of hydrogen-bond acceptors (Lipinski definition) is 3. The normalized spacial score (nSPS) is 11.8. The Morgan fingerprint density at radius 3 is 1.79 bits per heavy atom. The van der Waals surface area contributed by atoms with Crippen molar-refractivity contribution >= 4 is 82.5 Å². The van der Waals surface area contributed by atoms with Crippen molar-refractivity contribution in [2.75, 3.05) is 4.90 Å². The van der Waals surface area contributed by atoms with Gasteiger partial charge in [0.05, 0.1) is 5.69 Å². The Bertz CT molecular complexity index is 2800. The third-order valence-corrected chi connectivity index (χ3v) is 9.45. The molecule has 0 radical (unpaired) electrons. The summed E-state index contributed by atoms with van der Waals surface area (Å²) in [5.41, 5.74) is 8.99. The first-order valence-electron chi connectivity index (χ1n) is 15.9. The van der Waals surface area contributed by atoms with Crippen molar-refractivity contribution in [1.82, 2.24) is 0 Å². The molecule has 2 aromatic heterocycles. The maximum atomic E-state index is 6.51. The number of rotatable bonds is 4. The van der Waals surface area contributed by atoms with Crippen molar-refractivity contribution in [3.8, 4) is 11.1 Å². The molecule has 0 amide bonds. The van der Waals surface area contributed by atoms with Crippen LogP contribution in [0.5, 0.6) is 0 Å². The topological polar surface area (TPSA) is 29.5 Å². The van der Waals surface area contributed by atoms with Crippen LogP contribution in [0.1, 0.15) is 0 Å². The molecule has 10 rings (SSSR count). The molecule has 0 spiro atoms. The predicted octanol–water partition coefficient (Wildman–Crippen LogP) is 12.9. The van der Waals surface area contributed by atoms with Crippen molar-refractivity contribution < 1.29 is 8.83 Å². The average Bonchev–Trinajstić information content (AvgIpc) is 3.70. The molecule has 47 heavy (non-hydrogen) atoms. The van der Waals surface area contributed by atoms with Crippen LogP contribution in [0.15, 0.2) is 173 Å². The maximum absolute atomic E-state index is 6.51. The Balaban J connectivity index is 1.22. The van der Waals surface area contributed by atoms with Gasteiger partial charge in [-0.05, 0) is 63.7 Å². The van der Waals surface area contributed by atoms with Gasteiger partial charge in [0.2, 0.25) is 0 Å². The van der Waals surface area contributed by atoms with Crippen molar-refractivity contribution in [3.63, 3.8) is 0 Å². The predicted molar refractivity (Wildman–Crippen MR) is 196 cm³/mol. The summed E-state index contributed by atoms with van der Waals surface area (Å²) in [6, 6.07) is 57.8. The van der Waals surface area contributed by atoms with Crippen molar-refractivity contribution in [3.05, 3.63) is 164 Å². The van der Waals surface area contributed by atoms with Crippen LogP contribution in [0.2, 0.25) is 0 Å². The van der Waals surface area contributed by atoms with E-state index in [1.54, 1.807) is 0 Å². The maximum Gasteiger partial charge on any atom is 0.138 e. The van der Waals surface area contributed by atoms with Gasteiger partial charge in [0, 0.05) is 50.4 Å². The minimum atomic E-state index is 0.857. The van der Waals surface area contributed by atoms with E-state index in [-0.39, 0.29) is 0 Å². The molecular weight excluding hydrogens is 574 g/mol. The third kappa shape index (κ3) is 4.00. The lowest BCUT2D eigenvalue weighted by atomic mass is 9.97. The number of para-hydroxylation sites is 2. The van der Waals surface area contributed by atoms with Crippen molar-refractivity contribution in [2.45, 2.75) is 0 Å². The fourth-order valence-corrected chi connectivity index (χ4v) is 7.30. The molecule has 0 aliphatic rings. The Hall–Kier alpha value is -6.32. The Morgan fingerprint density at radius 1 is 0.362 bits per heavy atom. The standard InChI is InChI=1S/C44H27NO2/c1-2-12-32-28(10-1)11-9-17-33(32)29-20-22-30(23-21-29)45(31-24-25-36-35-14-5-7-18-40(35)46-42(36)26-31)39-27-43-44(37-15-4-3-13-34(37)39)38-16-6-8-19-41(38)47-43/h1-27H. The summed E-state index contributed by atoms with van der Waals surface area (Å²) >= 11 is 0. The lowest BCUT2D eigenvalue weighted by Gasteiger charge is -2.27. The quantitative estimate of drug-likeness (QED) is 0.201. The van der Waals surface area contributed by atoms with Crippen molar-refractivity contribution in [1.29, 1.82) is 0 Å². The van der Waals surface area contributed by atoms with Crippen LogP contribution >= 0.6 is 0 Å². The summed E-state index contributed by atoms with van der Waals surface area (Å²) in [7, 11) is 0. The molecule has 0 unspecified atom stereocenters. The van der Waals surface area contributed by atoms with Crippen LogP contribution in [0.4, 0.5) is 17.1 Å². The van der Waals surface area contributed by atoms with Gasteiger partial charge in [0.15, 0.2) is 0 Å². The number of hydrogen-bond donors (Lipinski definition) is 0. The summed E-state index contributed by atoms with van der Waals surface area (Å²) in [4.78, 5) is 2.33. The molecule has 2 heterocycles.